The van der Waals surface area contributed by atoms with Gasteiger partial charge in [-0.2, -0.15) is 0 Å². The van der Waals surface area contributed by atoms with Crippen molar-refractivity contribution in [3.05, 3.63) is 54.1 Å². The highest BCUT2D eigenvalue weighted by molar-refractivity contribution is 7.92. The van der Waals surface area contributed by atoms with Gasteiger partial charge in [-0.05, 0) is 42.8 Å². The van der Waals surface area contributed by atoms with Crippen LogP contribution < -0.4 is 9.62 Å². The van der Waals surface area contributed by atoms with Gasteiger partial charge in [-0.1, -0.05) is 18.2 Å². The van der Waals surface area contributed by atoms with Crippen LogP contribution in [0.1, 0.15) is 12.5 Å². The maximum absolute atomic E-state index is 12.6. The summed E-state index contributed by atoms with van der Waals surface area (Å²) in [6.07, 6.45) is 0. The predicted octanol–water partition coefficient (Wildman–Crippen LogP) is 2.46. The predicted molar refractivity (Wildman–Crippen MR) is 103 cm³/mol. The number of sulfonamides is 1. The minimum atomic E-state index is -3.62. The zero-order valence-electron chi connectivity index (χ0n) is 15.0. The van der Waals surface area contributed by atoms with E-state index in [-0.39, 0.29) is 10.8 Å². The number of benzene rings is 2. The molecule has 0 spiro atoms. The molecule has 0 atom stereocenters. The van der Waals surface area contributed by atoms with Crippen LogP contribution in [-0.2, 0) is 14.8 Å². The van der Waals surface area contributed by atoms with Crippen molar-refractivity contribution in [1.82, 2.24) is 4.90 Å². The van der Waals surface area contributed by atoms with Gasteiger partial charge in [0.05, 0.1) is 10.6 Å². The molecule has 1 N–H and O–H groups in total. The van der Waals surface area contributed by atoms with Crippen molar-refractivity contribution in [2.24, 2.45) is 0 Å². The Morgan fingerprint density at radius 1 is 1.00 bits per heavy atom. The topological polar surface area (TPSA) is 69.7 Å². The molecule has 6 nitrogen and oxygen atoms in total. The van der Waals surface area contributed by atoms with E-state index in [0.717, 1.165) is 24.3 Å². The molecule has 138 valence electrons. The number of amides is 1. The Morgan fingerprint density at radius 3 is 2.35 bits per heavy atom. The average Bonchev–Trinajstić information content (AvgIpc) is 2.62. The number of hydrogen-bond donors (Lipinski definition) is 1. The van der Waals surface area contributed by atoms with Crippen LogP contribution in [0, 0.1) is 6.92 Å². The largest absolute Gasteiger partial charge is 0.368 e. The van der Waals surface area contributed by atoms with E-state index in [1.807, 2.05) is 36.1 Å². The van der Waals surface area contributed by atoms with Crippen molar-refractivity contribution in [3.8, 4) is 0 Å². The zero-order valence-corrected chi connectivity index (χ0v) is 15.8. The van der Waals surface area contributed by atoms with E-state index in [4.69, 9.17) is 0 Å². The molecule has 0 radical (unpaired) electrons. The van der Waals surface area contributed by atoms with Crippen molar-refractivity contribution in [3.63, 3.8) is 0 Å². The Balaban J connectivity index is 1.75. The van der Waals surface area contributed by atoms with Crippen LogP contribution in [0.15, 0.2) is 53.4 Å². The van der Waals surface area contributed by atoms with Gasteiger partial charge in [-0.15, -0.1) is 0 Å². The van der Waals surface area contributed by atoms with Gasteiger partial charge in [0.25, 0.3) is 10.0 Å². The molecule has 1 fully saturated rings. The van der Waals surface area contributed by atoms with Gasteiger partial charge < -0.3 is 9.80 Å². The number of anilines is 2. The van der Waals surface area contributed by atoms with E-state index in [9.17, 15) is 13.2 Å². The molecule has 0 bridgehead atoms. The molecular formula is C19H23N3O3S. The number of hydrogen-bond acceptors (Lipinski definition) is 4. The Morgan fingerprint density at radius 2 is 1.69 bits per heavy atom. The van der Waals surface area contributed by atoms with E-state index in [2.05, 4.69) is 9.62 Å². The number of carbonyl (C=O) groups excluding carboxylic acids is 1. The first kappa shape index (κ1) is 18.3. The Hall–Kier alpha value is -2.54. The highest BCUT2D eigenvalue weighted by Gasteiger charge is 2.20. The van der Waals surface area contributed by atoms with Crippen LogP contribution in [0.4, 0.5) is 11.4 Å². The van der Waals surface area contributed by atoms with E-state index >= 15 is 0 Å². The monoisotopic (exact) mass is 373 g/mol. The minimum absolute atomic E-state index is 0.0873. The van der Waals surface area contributed by atoms with E-state index in [0.29, 0.717) is 18.8 Å². The summed E-state index contributed by atoms with van der Waals surface area (Å²) in [7, 11) is -3.62. The van der Waals surface area contributed by atoms with Crippen LogP contribution in [0.3, 0.4) is 0 Å². The second kappa shape index (κ2) is 7.37. The Kier molecular flexibility index (Phi) is 5.18. The fourth-order valence-corrected chi connectivity index (χ4v) is 4.20. The second-order valence-corrected chi connectivity index (χ2v) is 8.15. The number of nitrogens with zero attached hydrogens (tertiary/aromatic N) is 2. The summed E-state index contributed by atoms with van der Waals surface area (Å²) in [6, 6.07) is 14.2. The second-order valence-electron chi connectivity index (χ2n) is 6.47. The van der Waals surface area contributed by atoms with E-state index in [1.54, 1.807) is 31.2 Å². The standard InChI is InChI=1S/C19H23N3O3S/c1-15-5-3-8-19(13-15)26(24,25)20-17-6-4-7-18(14-17)22-11-9-21(10-12-22)16(2)23/h3-8,13-14,20H,9-12H2,1-2H3. The van der Waals surface area contributed by atoms with Crippen molar-refractivity contribution >= 4 is 27.3 Å². The fraction of sp³-hybridized carbons (Fsp3) is 0.316. The van der Waals surface area contributed by atoms with Crippen molar-refractivity contribution < 1.29 is 13.2 Å². The van der Waals surface area contributed by atoms with Gasteiger partial charge in [0.15, 0.2) is 0 Å². The summed E-state index contributed by atoms with van der Waals surface area (Å²) in [5.41, 5.74) is 2.36. The highest BCUT2D eigenvalue weighted by atomic mass is 32.2. The zero-order chi connectivity index (χ0) is 18.7. The fourth-order valence-electron chi connectivity index (χ4n) is 3.04. The lowest BCUT2D eigenvalue weighted by atomic mass is 10.2. The molecule has 0 aliphatic carbocycles. The Labute approximate surface area is 154 Å². The minimum Gasteiger partial charge on any atom is -0.368 e. The van der Waals surface area contributed by atoms with Crippen molar-refractivity contribution in [2.45, 2.75) is 18.7 Å². The van der Waals surface area contributed by atoms with Gasteiger partial charge in [-0.25, -0.2) is 8.42 Å². The number of piperazine rings is 1. The smallest absolute Gasteiger partial charge is 0.261 e. The molecule has 0 aromatic heterocycles. The Bertz CT molecular complexity index is 904. The molecular weight excluding hydrogens is 350 g/mol. The number of carbonyl (C=O) groups is 1. The quantitative estimate of drug-likeness (QED) is 0.894. The summed E-state index contributed by atoms with van der Waals surface area (Å²) in [4.78, 5) is 15.7. The summed E-state index contributed by atoms with van der Waals surface area (Å²) >= 11 is 0. The third-order valence-corrected chi connectivity index (χ3v) is 5.87. The highest BCUT2D eigenvalue weighted by Crippen LogP contribution is 2.23. The van der Waals surface area contributed by atoms with E-state index < -0.39 is 10.0 Å². The summed E-state index contributed by atoms with van der Waals surface area (Å²) in [5, 5.41) is 0. The first-order valence-electron chi connectivity index (χ1n) is 8.55. The first-order chi connectivity index (χ1) is 12.3. The maximum Gasteiger partial charge on any atom is 0.261 e. The summed E-state index contributed by atoms with van der Waals surface area (Å²) in [6.45, 7) is 6.25. The average molecular weight is 373 g/mol. The van der Waals surface area contributed by atoms with Crippen LogP contribution in [-0.4, -0.2) is 45.4 Å². The molecule has 1 heterocycles. The molecule has 1 aliphatic rings. The normalized spacial score (nSPS) is 15.0. The molecule has 26 heavy (non-hydrogen) atoms. The molecule has 0 saturated carbocycles. The van der Waals surface area contributed by atoms with Crippen molar-refractivity contribution in [2.75, 3.05) is 35.8 Å². The van der Waals surface area contributed by atoms with Crippen LogP contribution in [0.25, 0.3) is 0 Å². The van der Waals surface area contributed by atoms with Gasteiger partial charge in [0, 0.05) is 38.8 Å². The van der Waals surface area contributed by atoms with Crippen LogP contribution in [0.5, 0.6) is 0 Å². The molecule has 3 rings (SSSR count). The first-order valence-corrected chi connectivity index (χ1v) is 10.0. The molecule has 1 saturated heterocycles. The molecule has 7 heteroatoms. The third-order valence-electron chi connectivity index (χ3n) is 4.49. The van der Waals surface area contributed by atoms with Crippen LogP contribution >= 0.6 is 0 Å². The van der Waals surface area contributed by atoms with E-state index in [1.165, 1.54) is 0 Å². The van der Waals surface area contributed by atoms with Gasteiger partial charge in [0.1, 0.15) is 0 Å². The number of rotatable bonds is 4. The third kappa shape index (κ3) is 4.16. The van der Waals surface area contributed by atoms with Gasteiger partial charge >= 0.3 is 0 Å². The number of aryl methyl sites for hydroxylation is 1. The molecule has 2 aromatic carbocycles. The lowest BCUT2D eigenvalue weighted by Gasteiger charge is -2.35. The molecule has 0 unspecified atom stereocenters. The summed E-state index contributed by atoms with van der Waals surface area (Å²) < 4.78 is 27.8. The lowest BCUT2D eigenvalue weighted by Crippen LogP contribution is -2.48. The molecule has 1 aliphatic heterocycles. The number of nitrogens with one attached hydrogen (secondary N) is 1. The maximum atomic E-state index is 12.6. The summed E-state index contributed by atoms with van der Waals surface area (Å²) in [5.74, 6) is 0.0873. The van der Waals surface area contributed by atoms with Crippen LogP contribution in [0.2, 0.25) is 0 Å². The molecule has 1 amide bonds. The molecule has 2 aromatic rings. The lowest BCUT2D eigenvalue weighted by molar-refractivity contribution is -0.129. The van der Waals surface area contributed by atoms with Crippen molar-refractivity contribution in [1.29, 1.82) is 0 Å². The van der Waals surface area contributed by atoms with Gasteiger partial charge in [0.2, 0.25) is 5.91 Å². The van der Waals surface area contributed by atoms with Gasteiger partial charge in [-0.3, -0.25) is 9.52 Å². The SMILES string of the molecule is CC(=O)N1CCN(c2cccc(NS(=O)(=O)c3cccc(C)c3)c2)CC1.